The third-order valence-electron chi connectivity index (χ3n) is 3.52. The van der Waals surface area contributed by atoms with Crippen LogP contribution in [0.1, 0.15) is 58.3 Å². The van der Waals surface area contributed by atoms with Gasteiger partial charge in [-0.3, -0.25) is 0 Å². The molecule has 0 saturated carbocycles. The molecule has 0 fully saturated rings. The summed E-state index contributed by atoms with van der Waals surface area (Å²) in [6.07, 6.45) is 14.7. The third-order valence-corrected chi connectivity index (χ3v) is 6.35. The van der Waals surface area contributed by atoms with Gasteiger partial charge in [-0.25, -0.2) is 0 Å². The van der Waals surface area contributed by atoms with Gasteiger partial charge in [0.2, 0.25) is 0 Å². The van der Waals surface area contributed by atoms with E-state index in [1.165, 1.54) is 44.9 Å². The molecule has 0 rings (SSSR count). The van der Waals surface area contributed by atoms with Gasteiger partial charge in [0.1, 0.15) is 0 Å². The number of unbranched alkanes of at least 4 members (excludes halogenated alkanes) is 7. The molecule has 0 aromatic heterocycles. The highest BCUT2D eigenvalue weighted by molar-refractivity contribution is 6.60. The molecule has 3 nitrogen and oxygen atoms in total. The van der Waals surface area contributed by atoms with Crippen molar-refractivity contribution >= 4 is 8.80 Å². The predicted molar refractivity (Wildman–Crippen MR) is 83.3 cm³/mol. The first-order valence-electron chi connectivity index (χ1n) is 7.51. The van der Waals surface area contributed by atoms with Crippen molar-refractivity contribution in [1.29, 1.82) is 0 Å². The molecule has 0 aromatic rings. The normalized spacial score (nSPS) is 12.4. The van der Waals surface area contributed by atoms with Gasteiger partial charge >= 0.3 is 8.80 Å². The van der Waals surface area contributed by atoms with Gasteiger partial charge in [-0.1, -0.05) is 44.3 Å². The van der Waals surface area contributed by atoms with Crippen molar-refractivity contribution in [1.82, 2.24) is 0 Å². The third kappa shape index (κ3) is 9.38. The van der Waals surface area contributed by atoms with Crippen LogP contribution in [0.4, 0.5) is 0 Å². The van der Waals surface area contributed by atoms with Crippen LogP contribution < -0.4 is 0 Å². The smallest absolute Gasteiger partial charge is 0.377 e. The lowest BCUT2D eigenvalue weighted by Crippen LogP contribution is -2.42. The fourth-order valence-electron chi connectivity index (χ4n) is 2.21. The quantitative estimate of drug-likeness (QED) is 0.282. The minimum absolute atomic E-state index is 0.928. The van der Waals surface area contributed by atoms with Crippen LogP contribution in [0.5, 0.6) is 0 Å². The first-order chi connectivity index (χ1) is 9.24. The molecule has 0 N–H and O–H groups in total. The van der Waals surface area contributed by atoms with Crippen LogP contribution >= 0.6 is 0 Å². The molecule has 0 aliphatic carbocycles. The van der Waals surface area contributed by atoms with E-state index in [0.29, 0.717) is 0 Å². The summed E-state index contributed by atoms with van der Waals surface area (Å²) in [6.45, 7) is 2.09. The van der Waals surface area contributed by atoms with E-state index in [1.54, 1.807) is 21.3 Å². The zero-order chi connectivity index (χ0) is 14.4. The summed E-state index contributed by atoms with van der Waals surface area (Å²) in [5.74, 6) is 0. The van der Waals surface area contributed by atoms with Gasteiger partial charge in [0.25, 0.3) is 0 Å². The fraction of sp³-hybridized carbons (Fsp3) is 0.867. The lowest BCUT2D eigenvalue weighted by atomic mass is 10.1. The standard InChI is InChI=1S/C15H32O3Si/c1-5-6-7-8-9-10-11-12-13-14-15-19(16-2,17-3)18-4/h5-6H,7-15H2,1-4H3. The SMILES string of the molecule is CC=CCCCCCCCCC[Si](OC)(OC)OC. The Balaban J connectivity index is 3.39. The number of allylic oxidation sites excluding steroid dienone is 2. The van der Waals surface area contributed by atoms with Crippen molar-refractivity contribution in [2.45, 2.75) is 64.3 Å². The van der Waals surface area contributed by atoms with Gasteiger partial charge in [-0.2, -0.15) is 0 Å². The zero-order valence-corrected chi connectivity index (χ0v) is 14.2. The molecular formula is C15H32O3Si. The molecule has 0 unspecified atom stereocenters. The summed E-state index contributed by atoms with van der Waals surface area (Å²) in [4.78, 5) is 0. The van der Waals surface area contributed by atoms with E-state index >= 15 is 0 Å². The highest BCUT2D eigenvalue weighted by atomic mass is 28.4. The van der Waals surface area contributed by atoms with Gasteiger partial charge < -0.3 is 13.3 Å². The van der Waals surface area contributed by atoms with Crippen molar-refractivity contribution in [2.24, 2.45) is 0 Å². The van der Waals surface area contributed by atoms with Crippen molar-refractivity contribution in [3.63, 3.8) is 0 Å². The second-order valence-electron chi connectivity index (χ2n) is 4.88. The molecule has 0 bridgehead atoms. The zero-order valence-electron chi connectivity index (χ0n) is 13.2. The summed E-state index contributed by atoms with van der Waals surface area (Å²) < 4.78 is 16.2. The lowest BCUT2D eigenvalue weighted by molar-refractivity contribution is 0.122. The Hall–Kier alpha value is -0.163. The Morgan fingerprint density at radius 1 is 0.737 bits per heavy atom. The molecular weight excluding hydrogens is 256 g/mol. The van der Waals surface area contributed by atoms with E-state index in [1.807, 2.05) is 0 Å². The van der Waals surface area contributed by atoms with Crippen molar-refractivity contribution in [3.05, 3.63) is 12.2 Å². The first-order valence-corrected chi connectivity index (χ1v) is 9.44. The van der Waals surface area contributed by atoms with E-state index in [9.17, 15) is 0 Å². The second kappa shape index (κ2) is 12.8. The Labute approximate surface area is 120 Å². The number of rotatable bonds is 13. The molecule has 0 radical (unpaired) electrons. The van der Waals surface area contributed by atoms with Gasteiger partial charge in [-0.15, -0.1) is 0 Å². The largest absolute Gasteiger partial charge is 0.500 e. The average molecular weight is 289 g/mol. The molecule has 19 heavy (non-hydrogen) atoms. The summed E-state index contributed by atoms with van der Waals surface area (Å²) in [5.41, 5.74) is 0. The maximum Gasteiger partial charge on any atom is 0.500 e. The average Bonchev–Trinajstić information content (AvgIpc) is 2.46. The number of hydrogen-bond acceptors (Lipinski definition) is 3. The van der Waals surface area contributed by atoms with E-state index in [-0.39, 0.29) is 0 Å². The first kappa shape index (κ1) is 18.8. The lowest BCUT2D eigenvalue weighted by Gasteiger charge is -2.24. The predicted octanol–water partition coefficient (Wildman–Crippen LogP) is 4.56. The van der Waals surface area contributed by atoms with Gasteiger partial charge in [0.15, 0.2) is 0 Å². The highest BCUT2D eigenvalue weighted by Crippen LogP contribution is 2.18. The molecule has 4 heteroatoms. The summed E-state index contributed by atoms with van der Waals surface area (Å²) >= 11 is 0. The Morgan fingerprint density at radius 2 is 1.21 bits per heavy atom. The Morgan fingerprint density at radius 3 is 1.68 bits per heavy atom. The molecule has 0 aromatic carbocycles. The maximum atomic E-state index is 5.41. The molecule has 0 atom stereocenters. The molecule has 0 spiro atoms. The fourth-order valence-corrected chi connectivity index (χ4v) is 4.01. The topological polar surface area (TPSA) is 27.7 Å². The van der Waals surface area contributed by atoms with E-state index < -0.39 is 8.80 Å². The van der Waals surface area contributed by atoms with Gasteiger partial charge in [-0.05, 0) is 26.2 Å². The van der Waals surface area contributed by atoms with Crippen LogP contribution in [0.3, 0.4) is 0 Å². The number of hydrogen-bond donors (Lipinski definition) is 0. The van der Waals surface area contributed by atoms with E-state index in [4.69, 9.17) is 13.3 Å². The van der Waals surface area contributed by atoms with Crippen LogP contribution in [0, 0.1) is 0 Å². The van der Waals surface area contributed by atoms with Crippen LogP contribution in [0.2, 0.25) is 6.04 Å². The van der Waals surface area contributed by atoms with Gasteiger partial charge in [0.05, 0.1) is 0 Å². The van der Waals surface area contributed by atoms with Crippen molar-refractivity contribution < 1.29 is 13.3 Å². The Kier molecular flexibility index (Phi) is 12.7. The van der Waals surface area contributed by atoms with Crippen molar-refractivity contribution in [2.75, 3.05) is 21.3 Å². The van der Waals surface area contributed by atoms with Gasteiger partial charge in [0, 0.05) is 27.4 Å². The van der Waals surface area contributed by atoms with Crippen LogP contribution in [0.15, 0.2) is 12.2 Å². The minimum atomic E-state index is -2.32. The molecule has 114 valence electrons. The van der Waals surface area contributed by atoms with Crippen LogP contribution in [-0.4, -0.2) is 30.1 Å². The molecule has 0 heterocycles. The minimum Gasteiger partial charge on any atom is -0.377 e. The summed E-state index contributed by atoms with van der Waals surface area (Å²) in [5, 5.41) is 0. The monoisotopic (exact) mass is 288 g/mol. The van der Waals surface area contributed by atoms with Crippen LogP contribution in [0.25, 0.3) is 0 Å². The molecule has 0 amide bonds. The molecule has 0 aliphatic heterocycles. The summed E-state index contributed by atoms with van der Waals surface area (Å²) in [6, 6.07) is 0.928. The second-order valence-corrected chi connectivity index (χ2v) is 7.97. The highest BCUT2D eigenvalue weighted by Gasteiger charge is 2.36. The summed E-state index contributed by atoms with van der Waals surface area (Å²) in [7, 11) is 2.74. The van der Waals surface area contributed by atoms with E-state index in [2.05, 4.69) is 19.1 Å². The van der Waals surface area contributed by atoms with Crippen molar-refractivity contribution in [3.8, 4) is 0 Å². The van der Waals surface area contributed by atoms with E-state index in [0.717, 1.165) is 12.5 Å². The van der Waals surface area contributed by atoms with Crippen LogP contribution in [-0.2, 0) is 13.3 Å². The molecule has 0 aliphatic rings. The maximum absolute atomic E-state index is 5.41. The Bertz CT molecular complexity index is 207. The molecule has 0 saturated heterocycles.